The third-order valence-corrected chi connectivity index (χ3v) is 6.30. The number of hydrogen-bond donors (Lipinski definition) is 0. The maximum absolute atomic E-state index is 11.9. The van der Waals surface area contributed by atoms with Crippen LogP contribution in [0.1, 0.15) is 60.3 Å². The summed E-state index contributed by atoms with van der Waals surface area (Å²) in [6, 6.07) is 0. The second-order valence-electron chi connectivity index (χ2n) is 7.19. The van der Waals surface area contributed by atoms with E-state index in [9.17, 15) is 4.79 Å². The maximum atomic E-state index is 11.9. The molecule has 18 heavy (non-hydrogen) atoms. The van der Waals surface area contributed by atoms with E-state index in [4.69, 9.17) is 4.74 Å². The van der Waals surface area contributed by atoms with Crippen molar-refractivity contribution in [3.63, 3.8) is 0 Å². The summed E-state index contributed by atoms with van der Waals surface area (Å²) in [4.78, 5) is 11.9. The fourth-order valence-corrected chi connectivity index (χ4v) is 3.93. The molecule has 2 aliphatic rings. The van der Waals surface area contributed by atoms with Gasteiger partial charge < -0.3 is 4.74 Å². The topological polar surface area (TPSA) is 26.3 Å². The predicted octanol–water partition coefficient (Wildman–Crippen LogP) is 3.83. The summed E-state index contributed by atoms with van der Waals surface area (Å²) in [6.45, 7) is 11.5. The standard InChI is InChI=1S/C16H28O2/c1-6-11(2)13(17)10-18-14-9-12-7-8-16(14,5)15(12,3)4/h11-12,14H,6-10H2,1-5H3. The van der Waals surface area contributed by atoms with Crippen molar-refractivity contribution in [1.29, 1.82) is 0 Å². The molecule has 0 aliphatic heterocycles. The van der Waals surface area contributed by atoms with Crippen molar-refractivity contribution >= 4 is 5.78 Å². The van der Waals surface area contributed by atoms with Crippen LogP contribution in [-0.2, 0) is 9.53 Å². The number of ether oxygens (including phenoxy) is 1. The van der Waals surface area contributed by atoms with Gasteiger partial charge in [0.05, 0.1) is 6.10 Å². The summed E-state index contributed by atoms with van der Waals surface area (Å²) < 4.78 is 6.01. The molecule has 2 fully saturated rings. The van der Waals surface area contributed by atoms with Gasteiger partial charge >= 0.3 is 0 Å². The molecule has 2 rings (SSSR count). The summed E-state index contributed by atoms with van der Waals surface area (Å²) >= 11 is 0. The van der Waals surface area contributed by atoms with E-state index in [0.29, 0.717) is 18.1 Å². The van der Waals surface area contributed by atoms with Crippen LogP contribution in [0.5, 0.6) is 0 Å². The van der Waals surface area contributed by atoms with Gasteiger partial charge in [0.15, 0.2) is 5.78 Å². The molecule has 2 nitrogen and oxygen atoms in total. The Morgan fingerprint density at radius 3 is 2.50 bits per heavy atom. The number of hydrogen-bond acceptors (Lipinski definition) is 2. The predicted molar refractivity (Wildman–Crippen MR) is 73.4 cm³/mol. The molecular weight excluding hydrogens is 224 g/mol. The summed E-state index contributed by atoms with van der Waals surface area (Å²) in [5, 5.41) is 0. The van der Waals surface area contributed by atoms with Gasteiger partial charge in [-0.2, -0.15) is 0 Å². The fourth-order valence-electron chi connectivity index (χ4n) is 3.93. The zero-order valence-corrected chi connectivity index (χ0v) is 12.6. The summed E-state index contributed by atoms with van der Waals surface area (Å²) in [5.74, 6) is 1.19. The minimum absolute atomic E-state index is 0.143. The average Bonchev–Trinajstić information content (AvgIpc) is 2.67. The first-order chi connectivity index (χ1) is 8.33. The van der Waals surface area contributed by atoms with Crippen LogP contribution < -0.4 is 0 Å². The van der Waals surface area contributed by atoms with Crippen molar-refractivity contribution in [3.05, 3.63) is 0 Å². The summed E-state index contributed by atoms with van der Waals surface area (Å²) in [5.41, 5.74) is 0.643. The van der Waals surface area contributed by atoms with Gasteiger partial charge in [-0.3, -0.25) is 4.79 Å². The van der Waals surface area contributed by atoms with E-state index in [-0.39, 0.29) is 17.1 Å². The molecule has 2 saturated carbocycles. The highest BCUT2D eigenvalue weighted by Gasteiger charge is 2.61. The van der Waals surface area contributed by atoms with Crippen molar-refractivity contribution in [1.82, 2.24) is 0 Å². The van der Waals surface area contributed by atoms with Crippen LogP contribution in [-0.4, -0.2) is 18.5 Å². The van der Waals surface area contributed by atoms with Crippen molar-refractivity contribution in [2.75, 3.05) is 6.61 Å². The quantitative estimate of drug-likeness (QED) is 0.743. The third-order valence-electron chi connectivity index (χ3n) is 6.30. The molecular formula is C16H28O2. The molecule has 0 heterocycles. The molecule has 4 unspecified atom stereocenters. The number of Topliss-reactive ketones (excluding diaryl/α,β-unsaturated/α-hetero) is 1. The van der Waals surface area contributed by atoms with Crippen LogP contribution >= 0.6 is 0 Å². The van der Waals surface area contributed by atoms with Gasteiger partial charge in [-0.15, -0.1) is 0 Å². The molecule has 0 aromatic carbocycles. The van der Waals surface area contributed by atoms with Crippen LogP contribution in [0.4, 0.5) is 0 Å². The van der Waals surface area contributed by atoms with Gasteiger partial charge in [0.2, 0.25) is 0 Å². The molecule has 0 amide bonds. The summed E-state index contributed by atoms with van der Waals surface area (Å²) in [6.07, 6.45) is 4.95. The molecule has 4 atom stereocenters. The largest absolute Gasteiger partial charge is 0.370 e. The number of carbonyl (C=O) groups excluding carboxylic acids is 1. The lowest BCUT2D eigenvalue weighted by Gasteiger charge is -2.38. The molecule has 0 N–H and O–H groups in total. The first-order valence-corrected chi connectivity index (χ1v) is 7.47. The Bertz CT molecular complexity index is 334. The Labute approximate surface area is 111 Å². The molecule has 2 aliphatic carbocycles. The van der Waals surface area contributed by atoms with Crippen LogP contribution in [0.3, 0.4) is 0 Å². The van der Waals surface area contributed by atoms with Gasteiger partial charge in [-0.1, -0.05) is 34.6 Å². The number of carbonyl (C=O) groups is 1. The van der Waals surface area contributed by atoms with Crippen LogP contribution in [0.2, 0.25) is 0 Å². The van der Waals surface area contributed by atoms with Crippen LogP contribution in [0.25, 0.3) is 0 Å². The van der Waals surface area contributed by atoms with Crippen molar-refractivity contribution in [2.45, 2.75) is 66.4 Å². The highest BCUT2D eigenvalue weighted by molar-refractivity contribution is 5.81. The van der Waals surface area contributed by atoms with Gasteiger partial charge in [-0.25, -0.2) is 0 Å². The lowest BCUT2D eigenvalue weighted by molar-refractivity contribution is -0.133. The number of ketones is 1. The first kappa shape index (κ1) is 14.0. The van der Waals surface area contributed by atoms with E-state index in [1.54, 1.807) is 0 Å². The normalized spacial score (nSPS) is 38.9. The molecule has 0 saturated heterocycles. The molecule has 0 aromatic rings. The van der Waals surface area contributed by atoms with Gasteiger partial charge in [-0.05, 0) is 42.4 Å². The van der Waals surface area contributed by atoms with Crippen molar-refractivity contribution in [3.8, 4) is 0 Å². The monoisotopic (exact) mass is 252 g/mol. The second kappa shape index (κ2) is 4.63. The number of fused-ring (bicyclic) bond motifs is 2. The lowest BCUT2D eigenvalue weighted by Crippen LogP contribution is -2.38. The Hall–Kier alpha value is -0.370. The van der Waals surface area contributed by atoms with E-state index >= 15 is 0 Å². The minimum Gasteiger partial charge on any atom is -0.370 e. The van der Waals surface area contributed by atoms with Crippen LogP contribution in [0.15, 0.2) is 0 Å². The number of rotatable bonds is 5. The molecule has 0 spiro atoms. The van der Waals surface area contributed by atoms with Crippen molar-refractivity contribution < 1.29 is 9.53 Å². The van der Waals surface area contributed by atoms with Gasteiger partial charge in [0.25, 0.3) is 0 Å². The molecule has 0 radical (unpaired) electrons. The first-order valence-electron chi connectivity index (χ1n) is 7.47. The lowest BCUT2D eigenvalue weighted by atomic mass is 9.70. The van der Waals surface area contributed by atoms with Crippen LogP contribution in [0, 0.1) is 22.7 Å². The Morgan fingerprint density at radius 2 is 2.06 bits per heavy atom. The maximum Gasteiger partial charge on any atom is 0.161 e. The highest BCUT2D eigenvalue weighted by atomic mass is 16.5. The second-order valence-corrected chi connectivity index (χ2v) is 7.19. The minimum atomic E-state index is 0.143. The fraction of sp³-hybridized carbons (Fsp3) is 0.938. The summed E-state index contributed by atoms with van der Waals surface area (Å²) in [7, 11) is 0. The van der Waals surface area contributed by atoms with Gasteiger partial charge in [0, 0.05) is 5.92 Å². The molecule has 2 bridgehead atoms. The van der Waals surface area contributed by atoms with E-state index in [1.165, 1.54) is 12.8 Å². The smallest absolute Gasteiger partial charge is 0.161 e. The SMILES string of the molecule is CCC(C)C(=O)COC1CC2CCC1(C)C2(C)C. The van der Waals surface area contributed by atoms with E-state index < -0.39 is 0 Å². The Morgan fingerprint density at radius 1 is 1.39 bits per heavy atom. The Kier molecular flexibility index (Phi) is 3.61. The van der Waals surface area contributed by atoms with Gasteiger partial charge in [0.1, 0.15) is 6.61 Å². The highest BCUT2D eigenvalue weighted by Crippen LogP contribution is 2.66. The van der Waals surface area contributed by atoms with E-state index in [2.05, 4.69) is 27.7 Å². The average molecular weight is 252 g/mol. The molecule has 0 aromatic heterocycles. The molecule has 104 valence electrons. The van der Waals surface area contributed by atoms with E-state index in [0.717, 1.165) is 18.8 Å². The van der Waals surface area contributed by atoms with Crippen molar-refractivity contribution in [2.24, 2.45) is 22.7 Å². The van der Waals surface area contributed by atoms with E-state index in [1.807, 2.05) is 6.92 Å². The molecule has 2 heteroatoms. The Balaban J connectivity index is 1.95. The zero-order valence-electron chi connectivity index (χ0n) is 12.6. The third kappa shape index (κ3) is 1.93. The zero-order chi connectivity index (χ0) is 13.6.